The lowest BCUT2D eigenvalue weighted by Crippen LogP contribution is -2.32. The minimum Gasteiger partial charge on any atom is -0.372 e. The van der Waals surface area contributed by atoms with E-state index in [4.69, 9.17) is 10.5 Å². The van der Waals surface area contributed by atoms with Crippen LogP contribution in [0.2, 0.25) is 0 Å². The largest absolute Gasteiger partial charge is 0.372 e. The molecule has 2 atom stereocenters. The van der Waals surface area contributed by atoms with Crippen molar-refractivity contribution in [2.45, 2.75) is 25.0 Å². The highest BCUT2D eigenvalue weighted by atomic mass is 16.5. The van der Waals surface area contributed by atoms with Gasteiger partial charge in [0.2, 0.25) is 0 Å². The second-order valence-electron chi connectivity index (χ2n) is 3.57. The summed E-state index contributed by atoms with van der Waals surface area (Å²) in [5, 5.41) is 0. The van der Waals surface area contributed by atoms with Gasteiger partial charge >= 0.3 is 0 Å². The maximum Gasteiger partial charge on any atom is 0.0826 e. The smallest absolute Gasteiger partial charge is 0.0826 e. The molecule has 1 aliphatic heterocycles. The predicted molar refractivity (Wildman–Crippen MR) is 52.3 cm³/mol. The van der Waals surface area contributed by atoms with Crippen LogP contribution in [0.4, 0.5) is 0 Å². The molecule has 1 fully saturated rings. The average molecular weight is 177 g/mol. The Balaban J connectivity index is 2.03. The first-order chi connectivity index (χ1) is 6.36. The van der Waals surface area contributed by atoms with Gasteiger partial charge in [-0.05, 0) is 18.4 Å². The molecule has 0 saturated carbocycles. The number of nitrogens with two attached hydrogens (primary N) is 1. The molecule has 1 heterocycles. The van der Waals surface area contributed by atoms with Crippen LogP contribution in [-0.4, -0.2) is 12.6 Å². The summed E-state index contributed by atoms with van der Waals surface area (Å²) in [7, 11) is 0. The fraction of sp³-hybridized carbons (Fsp3) is 0.455. The number of benzene rings is 1. The van der Waals surface area contributed by atoms with Gasteiger partial charge in [0, 0.05) is 6.04 Å². The lowest BCUT2D eigenvalue weighted by molar-refractivity contribution is 0.00412. The summed E-state index contributed by atoms with van der Waals surface area (Å²) in [5.74, 6) is 0. The van der Waals surface area contributed by atoms with E-state index in [2.05, 4.69) is 12.1 Å². The molecule has 1 aromatic rings. The Morgan fingerprint density at radius 3 is 2.54 bits per heavy atom. The van der Waals surface area contributed by atoms with Crippen molar-refractivity contribution in [3.05, 3.63) is 35.9 Å². The van der Waals surface area contributed by atoms with Gasteiger partial charge in [0.1, 0.15) is 0 Å². The zero-order chi connectivity index (χ0) is 9.10. The quantitative estimate of drug-likeness (QED) is 0.710. The van der Waals surface area contributed by atoms with Gasteiger partial charge in [-0.2, -0.15) is 0 Å². The van der Waals surface area contributed by atoms with Gasteiger partial charge < -0.3 is 10.5 Å². The van der Waals surface area contributed by atoms with E-state index in [1.165, 1.54) is 5.56 Å². The van der Waals surface area contributed by atoms with Gasteiger partial charge in [-0.25, -0.2) is 0 Å². The molecular weight excluding hydrogens is 162 g/mol. The maximum atomic E-state index is 5.75. The van der Waals surface area contributed by atoms with Crippen molar-refractivity contribution in [1.29, 1.82) is 0 Å². The van der Waals surface area contributed by atoms with Crippen LogP contribution in [0.25, 0.3) is 0 Å². The molecular formula is C11H15NO. The third kappa shape index (κ3) is 2.08. The Bertz CT molecular complexity index is 252. The first-order valence-corrected chi connectivity index (χ1v) is 4.78. The second kappa shape index (κ2) is 3.90. The molecule has 2 heteroatoms. The molecule has 1 saturated heterocycles. The van der Waals surface area contributed by atoms with Gasteiger partial charge in [-0.3, -0.25) is 0 Å². The number of hydrogen-bond donors (Lipinski definition) is 1. The van der Waals surface area contributed by atoms with Crippen molar-refractivity contribution in [2.75, 3.05) is 6.61 Å². The van der Waals surface area contributed by atoms with E-state index in [-0.39, 0.29) is 12.1 Å². The average Bonchev–Trinajstić information content (AvgIpc) is 2.20. The summed E-state index contributed by atoms with van der Waals surface area (Å²) < 4.78 is 5.65. The highest BCUT2D eigenvalue weighted by Crippen LogP contribution is 2.26. The zero-order valence-corrected chi connectivity index (χ0v) is 7.65. The Morgan fingerprint density at radius 2 is 1.92 bits per heavy atom. The maximum absolute atomic E-state index is 5.75. The summed E-state index contributed by atoms with van der Waals surface area (Å²) >= 11 is 0. The summed E-state index contributed by atoms with van der Waals surface area (Å²) in [5.41, 5.74) is 7.02. The standard InChI is InChI=1S/C11H15NO/c12-10-6-7-11(13-8-10)9-4-2-1-3-5-9/h1-5,10-11H,6-8,12H2. The molecule has 1 aliphatic rings. The predicted octanol–water partition coefficient (Wildman–Crippen LogP) is 1.87. The lowest BCUT2D eigenvalue weighted by atomic mass is 10.00. The normalized spacial score (nSPS) is 28.7. The van der Waals surface area contributed by atoms with E-state index < -0.39 is 0 Å². The van der Waals surface area contributed by atoms with E-state index in [9.17, 15) is 0 Å². The molecule has 2 N–H and O–H groups in total. The lowest BCUT2D eigenvalue weighted by Gasteiger charge is -2.26. The van der Waals surface area contributed by atoms with E-state index >= 15 is 0 Å². The SMILES string of the molecule is NC1CCC(c2ccccc2)OC1. The molecule has 1 aromatic carbocycles. The van der Waals surface area contributed by atoms with Crippen LogP contribution >= 0.6 is 0 Å². The van der Waals surface area contributed by atoms with E-state index in [0.29, 0.717) is 6.61 Å². The minimum atomic E-state index is 0.236. The molecule has 0 aliphatic carbocycles. The highest BCUT2D eigenvalue weighted by Gasteiger charge is 2.19. The molecule has 2 rings (SSSR count). The molecule has 2 nitrogen and oxygen atoms in total. The van der Waals surface area contributed by atoms with Gasteiger partial charge in [0.05, 0.1) is 12.7 Å². The Morgan fingerprint density at radius 1 is 1.15 bits per heavy atom. The van der Waals surface area contributed by atoms with E-state index in [1.807, 2.05) is 18.2 Å². The van der Waals surface area contributed by atoms with Gasteiger partial charge in [0.15, 0.2) is 0 Å². The first kappa shape index (κ1) is 8.73. The minimum absolute atomic E-state index is 0.236. The van der Waals surface area contributed by atoms with Crippen molar-refractivity contribution >= 4 is 0 Å². The second-order valence-corrected chi connectivity index (χ2v) is 3.57. The summed E-state index contributed by atoms with van der Waals surface area (Å²) in [6.07, 6.45) is 2.38. The summed E-state index contributed by atoms with van der Waals surface area (Å²) in [6.45, 7) is 0.694. The Hall–Kier alpha value is -0.860. The van der Waals surface area contributed by atoms with Gasteiger partial charge in [-0.15, -0.1) is 0 Å². The number of ether oxygens (including phenoxy) is 1. The Kier molecular flexibility index (Phi) is 2.62. The van der Waals surface area contributed by atoms with Crippen LogP contribution in [0.1, 0.15) is 24.5 Å². The van der Waals surface area contributed by atoms with Crippen LogP contribution in [0.5, 0.6) is 0 Å². The monoisotopic (exact) mass is 177 g/mol. The fourth-order valence-electron chi connectivity index (χ4n) is 1.70. The van der Waals surface area contributed by atoms with Crippen LogP contribution in [0, 0.1) is 0 Å². The van der Waals surface area contributed by atoms with Crippen molar-refractivity contribution in [3.63, 3.8) is 0 Å². The van der Waals surface area contributed by atoms with Crippen LogP contribution in [-0.2, 0) is 4.74 Å². The van der Waals surface area contributed by atoms with Gasteiger partial charge in [0.25, 0.3) is 0 Å². The fourth-order valence-corrected chi connectivity index (χ4v) is 1.70. The first-order valence-electron chi connectivity index (χ1n) is 4.78. The molecule has 13 heavy (non-hydrogen) atoms. The summed E-state index contributed by atoms with van der Waals surface area (Å²) in [4.78, 5) is 0. The molecule has 70 valence electrons. The van der Waals surface area contributed by atoms with E-state index in [1.54, 1.807) is 0 Å². The highest BCUT2D eigenvalue weighted by molar-refractivity contribution is 5.17. The third-order valence-corrected chi connectivity index (χ3v) is 2.48. The molecule has 0 bridgehead atoms. The van der Waals surface area contributed by atoms with Crippen molar-refractivity contribution in [1.82, 2.24) is 0 Å². The van der Waals surface area contributed by atoms with Gasteiger partial charge in [-0.1, -0.05) is 30.3 Å². The van der Waals surface area contributed by atoms with Crippen molar-refractivity contribution < 1.29 is 4.74 Å². The molecule has 0 spiro atoms. The van der Waals surface area contributed by atoms with Crippen LogP contribution in [0.3, 0.4) is 0 Å². The Labute approximate surface area is 78.7 Å². The third-order valence-electron chi connectivity index (χ3n) is 2.48. The van der Waals surface area contributed by atoms with Crippen molar-refractivity contribution in [3.8, 4) is 0 Å². The molecule has 0 aromatic heterocycles. The van der Waals surface area contributed by atoms with Crippen molar-refractivity contribution in [2.24, 2.45) is 5.73 Å². The van der Waals surface area contributed by atoms with Crippen LogP contribution < -0.4 is 5.73 Å². The van der Waals surface area contributed by atoms with E-state index in [0.717, 1.165) is 12.8 Å². The number of hydrogen-bond acceptors (Lipinski definition) is 2. The summed E-state index contributed by atoms with van der Waals surface area (Å²) in [6, 6.07) is 10.6. The van der Waals surface area contributed by atoms with Crippen LogP contribution in [0.15, 0.2) is 30.3 Å². The zero-order valence-electron chi connectivity index (χ0n) is 7.65. The number of rotatable bonds is 1. The molecule has 2 unspecified atom stereocenters. The topological polar surface area (TPSA) is 35.2 Å². The molecule has 0 amide bonds. The molecule has 0 radical (unpaired) electrons.